The van der Waals surface area contributed by atoms with Crippen LogP contribution in [0.4, 0.5) is 10.6 Å². The van der Waals surface area contributed by atoms with Crippen LogP contribution in [0.3, 0.4) is 0 Å². The fourth-order valence-corrected chi connectivity index (χ4v) is 2.57. The average Bonchev–Trinajstić information content (AvgIpc) is 2.87. The number of amides is 2. The number of carbonyl (C=O) groups excluding carboxylic acids is 1. The van der Waals surface area contributed by atoms with Gasteiger partial charge in [0, 0.05) is 17.8 Å². The van der Waals surface area contributed by atoms with Gasteiger partial charge in [-0.25, -0.2) is 4.79 Å². The van der Waals surface area contributed by atoms with E-state index in [4.69, 9.17) is 4.84 Å². The molecule has 1 aromatic heterocycles. The first kappa shape index (κ1) is 14.6. The number of benzene rings is 1. The molecule has 2 amide bonds. The van der Waals surface area contributed by atoms with E-state index in [9.17, 15) is 4.79 Å². The van der Waals surface area contributed by atoms with Gasteiger partial charge in [0.1, 0.15) is 6.61 Å². The molecule has 0 saturated heterocycles. The molecule has 0 bridgehead atoms. The van der Waals surface area contributed by atoms with Crippen LogP contribution in [0, 0.1) is 6.92 Å². The first-order chi connectivity index (χ1) is 10.5. The third-order valence-corrected chi connectivity index (χ3v) is 3.68. The molecular formula is C16H20N4O2. The fraction of sp³-hybridized carbons (Fsp3) is 0.375. The Hall–Kier alpha value is -2.34. The van der Waals surface area contributed by atoms with E-state index in [-0.39, 0.29) is 12.1 Å². The molecule has 1 N–H and O–H groups in total. The minimum atomic E-state index is -0.303. The van der Waals surface area contributed by atoms with Crippen molar-refractivity contribution < 1.29 is 9.63 Å². The second kappa shape index (κ2) is 5.81. The number of aryl methyl sites for hydroxylation is 1. The lowest BCUT2D eigenvalue weighted by molar-refractivity contribution is -0.141. The molecule has 0 saturated carbocycles. The van der Waals surface area contributed by atoms with Crippen LogP contribution in [0.25, 0.3) is 0 Å². The van der Waals surface area contributed by atoms with Crippen LogP contribution in [0.2, 0.25) is 0 Å². The molecule has 0 unspecified atom stereocenters. The van der Waals surface area contributed by atoms with Gasteiger partial charge in [0.25, 0.3) is 0 Å². The van der Waals surface area contributed by atoms with Gasteiger partial charge in [0.05, 0.1) is 6.54 Å². The van der Waals surface area contributed by atoms with Crippen molar-refractivity contribution in [1.29, 1.82) is 0 Å². The molecule has 2 heterocycles. The van der Waals surface area contributed by atoms with Gasteiger partial charge in [0.15, 0.2) is 5.82 Å². The molecular weight excluding hydrogens is 280 g/mol. The number of anilines is 1. The summed E-state index contributed by atoms with van der Waals surface area (Å²) < 4.78 is 1.88. The third-order valence-electron chi connectivity index (χ3n) is 3.68. The number of aromatic nitrogens is 2. The van der Waals surface area contributed by atoms with E-state index >= 15 is 0 Å². The van der Waals surface area contributed by atoms with Crippen LogP contribution < -0.4 is 5.32 Å². The Balaban J connectivity index is 1.69. The molecule has 1 aliphatic rings. The van der Waals surface area contributed by atoms with Gasteiger partial charge in [-0.15, -0.1) is 0 Å². The molecule has 0 aliphatic carbocycles. The monoisotopic (exact) mass is 300 g/mol. The number of hydroxylamine groups is 2. The Bertz CT molecular complexity index is 693. The van der Waals surface area contributed by atoms with Crippen molar-refractivity contribution in [3.8, 4) is 0 Å². The zero-order valence-corrected chi connectivity index (χ0v) is 13.0. The highest BCUT2D eigenvalue weighted by molar-refractivity contribution is 5.87. The number of fused-ring (bicyclic) bond motifs is 1. The molecule has 1 aliphatic heterocycles. The maximum atomic E-state index is 12.3. The van der Waals surface area contributed by atoms with Crippen molar-refractivity contribution in [2.75, 3.05) is 5.32 Å². The summed E-state index contributed by atoms with van der Waals surface area (Å²) in [5.41, 5.74) is 3.23. The second-order valence-electron chi connectivity index (χ2n) is 5.72. The number of hydrogen-bond acceptors (Lipinski definition) is 3. The van der Waals surface area contributed by atoms with Crippen LogP contribution in [-0.4, -0.2) is 20.9 Å². The summed E-state index contributed by atoms with van der Waals surface area (Å²) in [5.74, 6) is 0.540. The van der Waals surface area contributed by atoms with E-state index < -0.39 is 0 Å². The number of rotatable bonds is 2. The summed E-state index contributed by atoms with van der Waals surface area (Å²) in [6, 6.07) is 9.77. The maximum Gasteiger partial charge on any atom is 0.347 e. The van der Waals surface area contributed by atoms with E-state index in [1.165, 1.54) is 5.06 Å². The largest absolute Gasteiger partial charge is 0.347 e. The molecule has 6 nitrogen and oxygen atoms in total. The van der Waals surface area contributed by atoms with Crippen molar-refractivity contribution in [2.45, 2.75) is 40.0 Å². The molecule has 1 aromatic carbocycles. The maximum absolute atomic E-state index is 12.3. The smallest absolute Gasteiger partial charge is 0.289 e. The SMILES string of the molecule is Cc1cc(NC(=O)N2Cc3ccccc3CO2)nn1C(C)C. The van der Waals surface area contributed by atoms with Crippen molar-refractivity contribution in [1.82, 2.24) is 14.8 Å². The molecule has 0 radical (unpaired) electrons. The van der Waals surface area contributed by atoms with Crippen LogP contribution in [0.5, 0.6) is 0 Å². The first-order valence-corrected chi connectivity index (χ1v) is 7.39. The van der Waals surface area contributed by atoms with Gasteiger partial charge < -0.3 is 0 Å². The molecule has 22 heavy (non-hydrogen) atoms. The summed E-state index contributed by atoms with van der Waals surface area (Å²) >= 11 is 0. The third kappa shape index (κ3) is 2.82. The summed E-state index contributed by atoms with van der Waals surface area (Å²) in [6.07, 6.45) is 0. The van der Waals surface area contributed by atoms with Crippen LogP contribution in [0.1, 0.15) is 36.7 Å². The number of urea groups is 1. The lowest BCUT2D eigenvalue weighted by atomic mass is 10.1. The lowest BCUT2D eigenvalue weighted by Crippen LogP contribution is -2.37. The first-order valence-electron chi connectivity index (χ1n) is 7.39. The Labute approximate surface area is 129 Å². The second-order valence-corrected chi connectivity index (χ2v) is 5.72. The molecule has 0 atom stereocenters. The Morgan fingerprint density at radius 3 is 2.73 bits per heavy atom. The van der Waals surface area contributed by atoms with E-state index in [1.807, 2.05) is 41.9 Å². The van der Waals surface area contributed by atoms with E-state index in [0.717, 1.165) is 16.8 Å². The minimum Gasteiger partial charge on any atom is -0.289 e. The normalized spacial score (nSPS) is 14.1. The van der Waals surface area contributed by atoms with Gasteiger partial charge >= 0.3 is 6.03 Å². The van der Waals surface area contributed by atoms with E-state index in [0.29, 0.717) is 19.0 Å². The highest BCUT2D eigenvalue weighted by Crippen LogP contribution is 2.21. The van der Waals surface area contributed by atoms with Crippen LogP contribution in [-0.2, 0) is 18.0 Å². The Morgan fingerprint density at radius 1 is 1.32 bits per heavy atom. The average molecular weight is 300 g/mol. The van der Waals surface area contributed by atoms with Crippen molar-refractivity contribution in [2.24, 2.45) is 0 Å². The van der Waals surface area contributed by atoms with Crippen molar-refractivity contribution in [3.05, 3.63) is 47.2 Å². The molecule has 3 rings (SSSR count). The van der Waals surface area contributed by atoms with Gasteiger partial charge in [0.2, 0.25) is 0 Å². The lowest BCUT2D eigenvalue weighted by Gasteiger charge is -2.27. The molecule has 6 heteroatoms. The van der Waals surface area contributed by atoms with Gasteiger partial charge in [-0.3, -0.25) is 14.8 Å². The summed E-state index contributed by atoms with van der Waals surface area (Å²) in [5, 5.41) is 8.52. The highest BCUT2D eigenvalue weighted by atomic mass is 16.7. The molecule has 0 fully saturated rings. The molecule has 0 spiro atoms. The number of nitrogens with one attached hydrogen (secondary N) is 1. The Morgan fingerprint density at radius 2 is 2.05 bits per heavy atom. The predicted molar refractivity (Wildman–Crippen MR) is 83.1 cm³/mol. The highest BCUT2D eigenvalue weighted by Gasteiger charge is 2.22. The van der Waals surface area contributed by atoms with Crippen LogP contribution in [0.15, 0.2) is 30.3 Å². The summed E-state index contributed by atoms with van der Waals surface area (Å²) in [4.78, 5) is 17.8. The Kier molecular flexibility index (Phi) is 3.85. The van der Waals surface area contributed by atoms with Gasteiger partial charge in [-0.2, -0.15) is 10.2 Å². The topological polar surface area (TPSA) is 59.4 Å². The van der Waals surface area contributed by atoms with Gasteiger partial charge in [-0.05, 0) is 31.9 Å². The van der Waals surface area contributed by atoms with E-state index in [2.05, 4.69) is 24.3 Å². The quantitative estimate of drug-likeness (QED) is 0.926. The van der Waals surface area contributed by atoms with Crippen molar-refractivity contribution >= 4 is 11.8 Å². The molecule has 116 valence electrons. The zero-order chi connectivity index (χ0) is 15.7. The number of carbonyl (C=O) groups is 1. The van der Waals surface area contributed by atoms with Gasteiger partial charge in [-0.1, -0.05) is 24.3 Å². The zero-order valence-electron chi connectivity index (χ0n) is 13.0. The standard InChI is InChI=1S/C16H20N4O2/c1-11(2)20-12(3)8-15(18-20)17-16(21)19-9-13-6-4-5-7-14(13)10-22-19/h4-8,11H,9-10H2,1-3H3,(H,17,18,21). The number of hydrogen-bond donors (Lipinski definition) is 1. The predicted octanol–water partition coefficient (Wildman–Crippen LogP) is 3.25. The fourth-order valence-electron chi connectivity index (χ4n) is 2.57. The van der Waals surface area contributed by atoms with Crippen LogP contribution >= 0.6 is 0 Å². The minimum absolute atomic E-state index is 0.253. The number of nitrogens with zero attached hydrogens (tertiary/aromatic N) is 3. The summed E-state index contributed by atoms with van der Waals surface area (Å²) in [6.45, 7) is 6.91. The molecule has 2 aromatic rings. The van der Waals surface area contributed by atoms with Crippen molar-refractivity contribution in [3.63, 3.8) is 0 Å². The summed E-state index contributed by atoms with van der Waals surface area (Å²) in [7, 11) is 0. The van der Waals surface area contributed by atoms with E-state index in [1.54, 1.807) is 0 Å².